The maximum Gasteiger partial charge on any atom is 0.137 e. The first-order valence-electron chi connectivity index (χ1n) is 7.13. The number of hydrogen-bond acceptors (Lipinski definition) is 5. The molecule has 0 fully saturated rings. The molecule has 0 amide bonds. The largest absolute Gasteiger partial charge is 0.389 e. The summed E-state index contributed by atoms with van der Waals surface area (Å²) in [6.45, 7) is 2.07. The van der Waals surface area contributed by atoms with E-state index in [0.717, 1.165) is 29.2 Å². The molecule has 21 heavy (non-hydrogen) atoms. The molecule has 110 valence electrons. The van der Waals surface area contributed by atoms with Crippen LogP contribution in [-0.2, 0) is 12.8 Å². The quantitative estimate of drug-likeness (QED) is 0.848. The summed E-state index contributed by atoms with van der Waals surface area (Å²) in [5.41, 5.74) is 9.19. The van der Waals surface area contributed by atoms with E-state index in [1.54, 1.807) is 11.3 Å². The Labute approximate surface area is 133 Å². The zero-order chi connectivity index (χ0) is 14.8. The summed E-state index contributed by atoms with van der Waals surface area (Å²) in [7, 11) is 0. The fourth-order valence-corrected chi connectivity index (χ4v) is 3.45. The first-order chi connectivity index (χ1) is 10.1. The van der Waals surface area contributed by atoms with Crippen molar-refractivity contribution in [1.82, 2.24) is 9.97 Å². The number of hydrogen-bond donors (Lipinski definition) is 2. The average Bonchev–Trinajstić information content (AvgIpc) is 3.00. The fraction of sp³-hybridized carbons (Fsp3) is 0.400. The molecule has 4 nitrogen and oxygen atoms in total. The van der Waals surface area contributed by atoms with Crippen LogP contribution >= 0.6 is 23.6 Å². The highest BCUT2D eigenvalue weighted by Crippen LogP contribution is 2.27. The average molecular weight is 318 g/mol. The van der Waals surface area contributed by atoms with Gasteiger partial charge in [-0.05, 0) is 44.2 Å². The van der Waals surface area contributed by atoms with Crippen molar-refractivity contribution in [3.8, 4) is 0 Å². The highest BCUT2D eigenvalue weighted by Gasteiger charge is 2.18. The van der Waals surface area contributed by atoms with Gasteiger partial charge in [0.15, 0.2) is 0 Å². The minimum atomic E-state index is 0.0900. The number of aryl methyl sites for hydroxylation is 2. The lowest BCUT2D eigenvalue weighted by Crippen LogP contribution is -2.19. The SMILES string of the molecule is CC(Nc1nc2c(cc1C(N)=S)CCCC2)c1nccs1. The second kappa shape index (κ2) is 6.07. The molecular formula is C15H18N4S2. The van der Waals surface area contributed by atoms with Crippen LogP contribution in [0.1, 0.15) is 47.6 Å². The lowest BCUT2D eigenvalue weighted by molar-refractivity contribution is 0.667. The summed E-state index contributed by atoms with van der Waals surface area (Å²) >= 11 is 6.82. The topological polar surface area (TPSA) is 63.8 Å². The van der Waals surface area contributed by atoms with E-state index in [2.05, 4.69) is 23.3 Å². The van der Waals surface area contributed by atoms with Crippen LogP contribution in [0, 0.1) is 0 Å². The van der Waals surface area contributed by atoms with Crippen molar-refractivity contribution in [2.24, 2.45) is 5.73 Å². The van der Waals surface area contributed by atoms with E-state index < -0.39 is 0 Å². The molecular weight excluding hydrogens is 300 g/mol. The van der Waals surface area contributed by atoms with Gasteiger partial charge in [0.25, 0.3) is 0 Å². The Morgan fingerprint density at radius 2 is 2.24 bits per heavy atom. The molecule has 0 spiro atoms. The van der Waals surface area contributed by atoms with Gasteiger partial charge in [-0.2, -0.15) is 0 Å². The van der Waals surface area contributed by atoms with Crippen LogP contribution < -0.4 is 11.1 Å². The van der Waals surface area contributed by atoms with Crippen molar-refractivity contribution in [1.29, 1.82) is 0 Å². The Morgan fingerprint density at radius 1 is 1.43 bits per heavy atom. The predicted molar refractivity (Wildman–Crippen MR) is 90.9 cm³/mol. The Morgan fingerprint density at radius 3 is 2.95 bits per heavy atom. The molecule has 0 radical (unpaired) electrons. The maximum absolute atomic E-state index is 5.88. The van der Waals surface area contributed by atoms with Gasteiger partial charge in [-0.1, -0.05) is 12.2 Å². The Balaban J connectivity index is 1.94. The monoisotopic (exact) mass is 318 g/mol. The minimum absolute atomic E-state index is 0.0900. The van der Waals surface area contributed by atoms with E-state index in [9.17, 15) is 0 Å². The van der Waals surface area contributed by atoms with Gasteiger partial charge in [-0.25, -0.2) is 9.97 Å². The molecule has 0 saturated heterocycles. The Hall–Kier alpha value is -1.53. The number of nitrogens with zero attached hydrogens (tertiary/aromatic N) is 2. The first kappa shape index (κ1) is 14.4. The highest BCUT2D eigenvalue weighted by molar-refractivity contribution is 7.80. The molecule has 6 heteroatoms. The zero-order valence-electron chi connectivity index (χ0n) is 11.9. The molecule has 1 aliphatic carbocycles. The zero-order valence-corrected chi connectivity index (χ0v) is 13.6. The molecule has 0 bridgehead atoms. The summed E-state index contributed by atoms with van der Waals surface area (Å²) in [5, 5.41) is 6.42. The van der Waals surface area contributed by atoms with E-state index >= 15 is 0 Å². The highest BCUT2D eigenvalue weighted by atomic mass is 32.1. The molecule has 3 N–H and O–H groups in total. The third-order valence-corrected chi connectivity index (χ3v) is 4.92. The number of thiocarbonyl (C=S) groups is 1. The van der Waals surface area contributed by atoms with Crippen LogP contribution in [0.25, 0.3) is 0 Å². The van der Waals surface area contributed by atoms with E-state index in [0.29, 0.717) is 4.99 Å². The van der Waals surface area contributed by atoms with Gasteiger partial charge in [-0.15, -0.1) is 11.3 Å². The number of pyridine rings is 1. The third-order valence-electron chi connectivity index (χ3n) is 3.74. The van der Waals surface area contributed by atoms with Gasteiger partial charge in [0.2, 0.25) is 0 Å². The van der Waals surface area contributed by atoms with Crippen molar-refractivity contribution < 1.29 is 0 Å². The molecule has 0 aromatic carbocycles. The summed E-state index contributed by atoms with van der Waals surface area (Å²) in [6.07, 6.45) is 6.34. The second-order valence-corrected chi connectivity index (χ2v) is 6.66. The minimum Gasteiger partial charge on any atom is -0.389 e. The Kier molecular flexibility index (Phi) is 4.17. The Bertz CT molecular complexity index is 652. The third kappa shape index (κ3) is 3.06. The lowest BCUT2D eigenvalue weighted by atomic mass is 9.94. The summed E-state index contributed by atoms with van der Waals surface area (Å²) in [5.74, 6) is 0.783. The molecule has 1 aliphatic rings. The van der Waals surface area contributed by atoms with Crippen LogP contribution in [0.5, 0.6) is 0 Å². The fourth-order valence-electron chi connectivity index (χ4n) is 2.65. The van der Waals surface area contributed by atoms with Gasteiger partial charge in [0.05, 0.1) is 11.6 Å². The van der Waals surface area contributed by atoms with Crippen LogP contribution in [0.3, 0.4) is 0 Å². The van der Waals surface area contributed by atoms with Crippen molar-refractivity contribution in [3.05, 3.63) is 39.5 Å². The lowest BCUT2D eigenvalue weighted by Gasteiger charge is -2.21. The van der Waals surface area contributed by atoms with Gasteiger partial charge in [0.1, 0.15) is 15.8 Å². The number of nitrogens with two attached hydrogens (primary N) is 1. The summed E-state index contributed by atoms with van der Waals surface area (Å²) in [6, 6.07) is 2.20. The first-order valence-corrected chi connectivity index (χ1v) is 8.42. The molecule has 2 aromatic heterocycles. The van der Waals surface area contributed by atoms with Gasteiger partial charge < -0.3 is 11.1 Å². The van der Waals surface area contributed by atoms with E-state index in [4.69, 9.17) is 22.9 Å². The number of nitrogens with one attached hydrogen (secondary N) is 1. The van der Waals surface area contributed by atoms with E-state index in [-0.39, 0.29) is 6.04 Å². The van der Waals surface area contributed by atoms with E-state index in [1.807, 2.05) is 11.6 Å². The number of aromatic nitrogens is 2. The van der Waals surface area contributed by atoms with E-state index in [1.165, 1.54) is 24.1 Å². The smallest absolute Gasteiger partial charge is 0.137 e. The van der Waals surface area contributed by atoms with Crippen LogP contribution in [-0.4, -0.2) is 15.0 Å². The van der Waals surface area contributed by atoms with Gasteiger partial charge >= 0.3 is 0 Å². The van der Waals surface area contributed by atoms with Crippen molar-refractivity contribution >= 4 is 34.4 Å². The van der Waals surface area contributed by atoms with Gasteiger partial charge in [-0.3, -0.25) is 0 Å². The predicted octanol–water partition coefficient (Wildman–Crippen LogP) is 3.22. The van der Waals surface area contributed by atoms with Crippen LogP contribution in [0.15, 0.2) is 17.6 Å². The van der Waals surface area contributed by atoms with Crippen molar-refractivity contribution in [2.45, 2.75) is 38.6 Å². The molecule has 2 heterocycles. The molecule has 3 rings (SSSR count). The number of rotatable bonds is 4. The van der Waals surface area contributed by atoms with Crippen LogP contribution in [0.4, 0.5) is 5.82 Å². The number of anilines is 1. The molecule has 1 unspecified atom stereocenters. The maximum atomic E-state index is 5.88. The van der Waals surface area contributed by atoms with Gasteiger partial charge in [0, 0.05) is 17.3 Å². The molecule has 0 saturated carbocycles. The number of thiazole rings is 1. The summed E-state index contributed by atoms with van der Waals surface area (Å²) in [4.78, 5) is 9.51. The van der Waals surface area contributed by atoms with Crippen LogP contribution in [0.2, 0.25) is 0 Å². The molecule has 0 aliphatic heterocycles. The van der Waals surface area contributed by atoms with Crippen molar-refractivity contribution in [3.63, 3.8) is 0 Å². The summed E-state index contributed by atoms with van der Waals surface area (Å²) < 4.78 is 0. The number of fused-ring (bicyclic) bond motifs is 1. The molecule has 2 aromatic rings. The van der Waals surface area contributed by atoms with Crippen molar-refractivity contribution in [2.75, 3.05) is 5.32 Å². The standard InChI is InChI=1S/C15H18N4S2/c1-9(15-17-6-7-21-15)18-14-11(13(16)20)8-10-4-2-3-5-12(10)19-14/h6-9H,2-5H2,1H3,(H2,16,20)(H,18,19). The molecule has 1 atom stereocenters. The second-order valence-electron chi connectivity index (χ2n) is 5.30. The normalized spacial score (nSPS) is 15.3.